The molecule has 0 aliphatic rings. The first-order valence-electron chi connectivity index (χ1n) is 7.71. The van der Waals surface area contributed by atoms with Crippen molar-refractivity contribution in [2.75, 3.05) is 25.0 Å². The molecule has 1 heterocycles. The smallest absolute Gasteiger partial charge is 0.175 e. The Bertz CT molecular complexity index is 415. The van der Waals surface area contributed by atoms with Gasteiger partial charge in [-0.15, -0.1) is 10.2 Å². The van der Waals surface area contributed by atoms with E-state index in [2.05, 4.69) is 34.3 Å². The molecule has 0 spiro atoms. The van der Waals surface area contributed by atoms with Gasteiger partial charge in [-0.05, 0) is 25.8 Å². The standard InChI is InChI=1S/C15H26Cl2N4/c1-4-6-8-12(5-2)18-9-7-10-21(3)13-11-14(16)19-20-15(13)17/h11-12,18H,4-10H2,1-3H3/t12-/m1/s1. The number of nitrogens with zero attached hydrogens (tertiary/aromatic N) is 3. The molecule has 0 aliphatic heterocycles. The highest BCUT2D eigenvalue weighted by atomic mass is 35.5. The molecule has 0 saturated carbocycles. The van der Waals surface area contributed by atoms with Crippen LogP contribution >= 0.6 is 23.2 Å². The normalized spacial score (nSPS) is 12.4. The molecule has 0 radical (unpaired) electrons. The van der Waals surface area contributed by atoms with Gasteiger partial charge in [0.05, 0.1) is 5.69 Å². The third kappa shape index (κ3) is 6.81. The minimum atomic E-state index is 0.366. The molecule has 0 aromatic carbocycles. The molecule has 0 fully saturated rings. The lowest BCUT2D eigenvalue weighted by molar-refractivity contribution is 0.450. The van der Waals surface area contributed by atoms with Crippen LogP contribution in [0, 0.1) is 0 Å². The van der Waals surface area contributed by atoms with E-state index >= 15 is 0 Å². The number of nitrogens with one attached hydrogen (secondary N) is 1. The van der Waals surface area contributed by atoms with E-state index in [1.54, 1.807) is 6.07 Å². The molecule has 0 saturated heterocycles. The summed E-state index contributed by atoms with van der Waals surface area (Å²) >= 11 is 11.9. The van der Waals surface area contributed by atoms with E-state index in [-0.39, 0.29) is 0 Å². The summed E-state index contributed by atoms with van der Waals surface area (Å²) in [5, 5.41) is 11.9. The monoisotopic (exact) mass is 332 g/mol. The number of halogens is 2. The van der Waals surface area contributed by atoms with Crippen molar-refractivity contribution in [2.24, 2.45) is 0 Å². The number of hydrogen-bond acceptors (Lipinski definition) is 4. The maximum Gasteiger partial charge on any atom is 0.175 e. The number of anilines is 1. The Morgan fingerprint density at radius 1 is 1.24 bits per heavy atom. The molecule has 1 aromatic rings. The van der Waals surface area contributed by atoms with Gasteiger partial charge < -0.3 is 10.2 Å². The van der Waals surface area contributed by atoms with Gasteiger partial charge in [-0.1, -0.05) is 49.9 Å². The molecule has 4 nitrogen and oxygen atoms in total. The van der Waals surface area contributed by atoms with Gasteiger partial charge in [0.2, 0.25) is 0 Å². The van der Waals surface area contributed by atoms with E-state index in [4.69, 9.17) is 23.2 Å². The average molecular weight is 333 g/mol. The Morgan fingerprint density at radius 2 is 2.00 bits per heavy atom. The summed E-state index contributed by atoms with van der Waals surface area (Å²) in [7, 11) is 1.99. The van der Waals surface area contributed by atoms with E-state index in [1.807, 2.05) is 7.05 Å². The van der Waals surface area contributed by atoms with Crippen LogP contribution in [0.15, 0.2) is 6.07 Å². The van der Waals surface area contributed by atoms with Crippen molar-refractivity contribution < 1.29 is 0 Å². The highest BCUT2D eigenvalue weighted by molar-refractivity contribution is 6.33. The molecule has 6 heteroatoms. The summed E-state index contributed by atoms with van der Waals surface area (Å²) in [5.41, 5.74) is 0.828. The SMILES string of the molecule is CCCC[C@@H](CC)NCCCN(C)c1cc(Cl)nnc1Cl. The van der Waals surface area contributed by atoms with Crippen molar-refractivity contribution in [3.05, 3.63) is 16.4 Å². The third-order valence-corrected chi connectivity index (χ3v) is 4.07. The van der Waals surface area contributed by atoms with E-state index in [9.17, 15) is 0 Å². The van der Waals surface area contributed by atoms with Crippen molar-refractivity contribution >= 4 is 28.9 Å². The predicted molar refractivity (Wildman–Crippen MR) is 91.5 cm³/mol. The van der Waals surface area contributed by atoms with Crippen LogP contribution < -0.4 is 10.2 Å². The molecule has 0 bridgehead atoms. The van der Waals surface area contributed by atoms with Crippen LogP contribution in [0.5, 0.6) is 0 Å². The van der Waals surface area contributed by atoms with Crippen molar-refractivity contribution in [1.82, 2.24) is 15.5 Å². The van der Waals surface area contributed by atoms with Gasteiger partial charge in [0, 0.05) is 25.7 Å². The molecular formula is C15H26Cl2N4. The number of rotatable bonds is 10. The molecule has 0 unspecified atom stereocenters. The summed E-state index contributed by atoms with van der Waals surface area (Å²) in [6.45, 7) is 6.39. The van der Waals surface area contributed by atoms with E-state index in [0.717, 1.165) is 25.2 Å². The molecule has 1 N–H and O–H groups in total. The third-order valence-electron chi connectivity index (χ3n) is 3.61. The lowest BCUT2D eigenvalue weighted by Gasteiger charge is -2.21. The van der Waals surface area contributed by atoms with Gasteiger partial charge in [-0.25, -0.2) is 0 Å². The number of aromatic nitrogens is 2. The first-order chi connectivity index (χ1) is 10.1. The Balaban J connectivity index is 2.33. The average Bonchev–Trinajstić information content (AvgIpc) is 2.48. The molecule has 0 amide bonds. The number of hydrogen-bond donors (Lipinski definition) is 1. The van der Waals surface area contributed by atoms with Crippen molar-refractivity contribution in [3.63, 3.8) is 0 Å². The van der Waals surface area contributed by atoms with E-state index < -0.39 is 0 Å². The lowest BCUT2D eigenvalue weighted by atomic mass is 10.1. The second-order valence-corrected chi connectivity index (χ2v) is 6.07. The van der Waals surface area contributed by atoms with Gasteiger partial charge in [0.15, 0.2) is 10.3 Å². The number of unbranched alkanes of at least 4 members (excludes halogenated alkanes) is 1. The fraction of sp³-hybridized carbons (Fsp3) is 0.733. The minimum absolute atomic E-state index is 0.366. The zero-order valence-corrected chi connectivity index (χ0v) is 14.7. The van der Waals surface area contributed by atoms with Gasteiger partial charge >= 0.3 is 0 Å². The maximum atomic E-state index is 6.04. The Labute approximate surface area is 138 Å². The van der Waals surface area contributed by atoms with Crippen molar-refractivity contribution in [1.29, 1.82) is 0 Å². The van der Waals surface area contributed by atoms with Gasteiger partial charge in [-0.3, -0.25) is 0 Å². The van der Waals surface area contributed by atoms with Crippen molar-refractivity contribution in [2.45, 2.75) is 52.0 Å². The van der Waals surface area contributed by atoms with Crippen molar-refractivity contribution in [3.8, 4) is 0 Å². The van der Waals surface area contributed by atoms with Crippen LogP contribution in [0.4, 0.5) is 5.69 Å². The van der Waals surface area contributed by atoms with Crippen LogP contribution in [-0.4, -0.2) is 36.4 Å². The largest absolute Gasteiger partial charge is 0.372 e. The first-order valence-corrected chi connectivity index (χ1v) is 8.47. The summed E-state index contributed by atoms with van der Waals surface area (Å²) < 4.78 is 0. The molecule has 120 valence electrons. The molecular weight excluding hydrogens is 307 g/mol. The van der Waals surface area contributed by atoms with E-state index in [0.29, 0.717) is 16.3 Å². The highest BCUT2D eigenvalue weighted by Crippen LogP contribution is 2.24. The zero-order chi connectivity index (χ0) is 15.7. The predicted octanol–water partition coefficient (Wildman–Crippen LogP) is 4.17. The van der Waals surface area contributed by atoms with Gasteiger partial charge in [-0.2, -0.15) is 0 Å². The summed E-state index contributed by atoms with van der Waals surface area (Å²) in [4.78, 5) is 2.07. The van der Waals surface area contributed by atoms with Gasteiger partial charge in [0.25, 0.3) is 0 Å². The second kappa shape index (κ2) is 10.2. The van der Waals surface area contributed by atoms with Gasteiger partial charge in [0.1, 0.15) is 0 Å². The highest BCUT2D eigenvalue weighted by Gasteiger charge is 2.09. The Morgan fingerprint density at radius 3 is 2.67 bits per heavy atom. The summed E-state index contributed by atoms with van der Waals surface area (Å²) in [6, 6.07) is 2.39. The van der Waals surface area contributed by atoms with Crippen LogP contribution in [0.3, 0.4) is 0 Å². The topological polar surface area (TPSA) is 41.0 Å². The lowest BCUT2D eigenvalue weighted by Crippen LogP contribution is -2.31. The Hall–Kier alpha value is -0.580. The quantitative estimate of drug-likeness (QED) is 0.653. The molecule has 1 rings (SSSR count). The summed E-state index contributed by atoms with van der Waals surface area (Å²) in [6.07, 6.45) is 6.05. The van der Waals surface area contributed by atoms with E-state index in [1.165, 1.54) is 25.7 Å². The zero-order valence-electron chi connectivity index (χ0n) is 13.2. The maximum absolute atomic E-state index is 6.04. The fourth-order valence-electron chi connectivity index (χ4n) is 2.26. The fourth-order valence-corrected chi connectivity index (χ4v) is 2.63. The molecule has 1 atom stereocenters. The van der Waals surface area contributed by atoms with Crippen LogP contribution in [0.2, 0.25) is 10.3 Å². The van der Waals surface area contributed by atoms with Crippen LogP contribution in [0.1, 0.15) is 46.0 Å². The molecule has 1 aromatic heterocycles. The molecule has 21 heavy (non-hydrogen) atoms. The second-order valence-electron chi connectivity index (χ2n) is 5.32. The minimum Gasteiger partial charge on any atom is -0.372 e. The Kier molecular flexibility index (Phi) is 8.97. The molecule has 0 aliphatic carbocycles. The van der Waals surface area contributed by atoms with Crippen LogP contribution in [0.25, 0.3) is 0 Å². The van der Waals surface area contributed by atoms with Crippen LogP contribution in [-0.2, 0) is 0 Å². The first kappa shape index (κ1) is 18.5. The summed E-state index contributed by atoms with van der Waals surface area (Å²) in [5.74, 6) is 0.